The van der Waals surface area contributed by atoms with E-state index in [1.165, 1.54) is 16.0 Å². The van der Waals surface area contributed by atoms with Crippen molar-refractivity contribution >= 4 is 17.7 Å². The molecule has 3 rings (SSSR count). The van der Waals surface area contributed by atoms with Gasteiger partial charge in [0.2, 0.25) is 0 Å². The average Bonchev–Trinajstić information content (AvgIpc) is 2.71. The Morgan fingerprint density at radius 2 is 1.54 bits per heavy atom. The molecule has 0 radical (unpaired) electrons. The maximum Gasteiger partial charge on any atom is 0.274 e. The molecule has 2 aromatic carbocycles. The summed E-state index contributed by atoms with van der Waals surface area (Å²) < 4.78 is 0. The van der Waals surface area contributed by atoms with Gasteiger partial charge in [0.1, 0.15) is 0 Å². The van der Waals surface area contributed by atoms with E-state index in [-0.39, 0.29) is 0 Å². The second kappa shape index (κ2) is 9.56. The fraction of sp³-hybridized carbons (Fsp3) is 0.409. The number of amides is 1. The van der Waals surface area contributed by atoms with Crippen molar-refractivity contribution in [2.75, 3.05) is 19.3 Å². The molecule has 0 bridgehead atoms. The normalized spacial score (nSPS) is 20.9. The fourth-order valence-corrected chi connectivity index (χ4v) is 4.34. The highest BCUT2D eigenvalue weighted by Crippen LogP contribution is 2.22. The van der Waals surface area contributed by atoms with Gasteiger partial charge in [-0.3, -0.25) is 19.8 Å². The van der Waals surface area contributed by atoms with Gasteiger partial charge in [-0.25, -0.2) is 5.48 Å². The predicted molar refractivity (Wildman–Crippen MR) is 114 cm³/mol. The molecule has 28 heavy (non-hydrogen) atoms. The van der Waals surface area contributed by atoms with Gasteiger partial charge in [0.15, 0.2) is 0 Å². The fourth-order valence-electron chi connectivity index (χ4n) is 3.93. The van der Waals surface area contributed by atoms with Crippen molar-refractivity contribution in [1.82, 2.24) is 15.3 Å². The Kier molecular flexibility index (Phi) is 7.13. The molecule has 1 aliphatic heterocycles. The average molecular weight is 400 g/mol. The molecule has 2 aromatic rings. The molecule has 0 aromatic heterocycles. The van der Waals surface area contributed by atoms with Crippen LogP contribution in [-0.2, 0) is 13.1 Å². The number of hydroxylamine groups is 1. The summed E-state index contributed by atoms with van der Waals surface area (Å²) in [7, 11) is 0. The van der Waals surface area contributed by atoms with Crippen LogP contribution in [0.2, 0.25) is 0 Å². The molecule has 6 heteroatoms. The molecule has 0 saturated carbocycles. The monoisotopic (exact) mass is 399 g/mol. The van der Waals surface area contributed by atoms with Gasteiger partial charge in [0.05, 0.1) is 0 Å². The van der Waals surface area contributed by atoms with E-state index in [1.54, 1.807) is 29.4 Å². The van der Waals surface area contributed by atoms with Gasteiger partial charge in [0.25, 0.3) is 5.91 Å². The lowest BCUT2D eigenvalue weighted by molar-refractivity contribution is 0.0290. The Balaban J connectivity index is 1.59. The highest BCUT2D eigenvalue weighted by molar-refractivity contribution is 7.98. The van der Waals surface area contributed by atoms with Crippen LogP contribution in [0.1, 0.15) is 35.3 Å². The standard InChI is InChI=1S/C22H29N3O2S/c1-16-12-24(14-18-6-10-21(28-3)11-7-18)13-17(2)25(16)15-19-4-8-20(9-5-19)22(26)23-27/h4-11,16-17,27H,12-15H2,1-3H3,(H,23,26). The van der Waals surface area contributed by atoms with E-state index in [4.69, 9.17) is 5.21 Å². The van der Waals surface area contributed by atoms with Crippen LogP contribution in [0, 0.1) is 0 Å². The van der Waals surface area contributed by atoms with Gasteiger partial charge >= 0.3 is 0 Å². The topological polar surface area (TPSA) is 55.8 Å². The van der Waals surface area contributed by atoms with Crippen LogP contribution in [0.4, 0.5) is 0 Å². The van der Waals surface area contributed by atoms with E-state index < -0.39 is 5.91 Å². The zero-order valence-corrected chi connectivity index (χ0v) is 17.6. The number of piperazine rings is 1. The van der Waals surface area contributed by atoms with Crippen molar-refractivity contribution < 1.29 is 10.0 Å². The molecule has 1 amide bonds. The van der Waals surface area contributed by atoms with Crippen LogP contribution in [0.25, 0.3) is 0 Å². The molecular weight excluding hydrogens is 370 g/mol. The summed E-state index contributed by atoms with van der Waals surface area (Å²) in [6.45, 7) is 8.50. The van der Waals surface area contributed by atoms with Gasteiger partial charge in [-0.15, -0.1) is 11.8 Å². The third-order valence-electron chi connectivity index (χ3n) is 5.43. The Morgan fingerprint density at radius 1 is 1.00 bits per heavy atom. The summed E-state index contributed by atoms with van der Waals surface area (Å²) in [5.74, 6) is -0.479. The molecule has 0 aliphatic carbocycles. The smallest absolute Gasteiger partial charge is 0.274 e. The molecule has 1 aliphatic rings. The number of benzene rings is 2. The number of carbonyl (C=O) groups is 1. The zero-order chi connectivity index (χ0) is 20.1. The minimum Gasteiger partial charge on any atom is -0.296 e. The summed E-state index contributed by atoms with van der Waals surface area (Å²) >= 11 is 1.77. The summed E-state index contributed by atoms with van der Waals surface area (Å²) in [5.41, 5.74) is 4.67. The quantitative estimate of drug-likeness (QED) is 0.441. The first kappa shape index (κ1) is 20.9. The molecule has 150 valence electrons. The molecule has 2 unspecified atom stereocenters. The summed E-state index contributed by atoms with van der Waals surface area (Å²) in [6.07, 6.45) is 2.10. The minimum absolute atomic E-state index is 0.453. The van der Waals surface area contributed by atoms with Gasteiger partial charge < -0.3 is 0 Å². The van der Waals surface area contributed by atoms with Crippen molar-refractivity contribution in [1.29, 1.82) is 0 Å². The van der Waals surface area contributed by atoms with Gasteiger partial charge in [-0.2, -0.15) is 0 Å². The third-order valence-corrected chi connectivity index (χ3v) is 6.17. The largest absolute Gasteiger partial charge is 0.296 e. The maximum atomic E-state index is 11.5. The lowest BCUT2D eigenvalue weighted by Crippen LogP contribution is -2.55. The lowest BCUT2D eigenvalue weighted by Gasteiger charge is -2.44. The molecule has 2 N–H and O–H groups in total. The lowest BCUT2D eigenvalue weighted by atomic mass is 10.0. The first-order valence-corrected chi connectivity index (χ1v) is 10.9. The van der Waals surface area contributed by atoms with Crippen molar-refractivity contribution in [2.45, 2.75) is 43.9 Å². The van der Waals surface area contributed by atoms with Crippen molar-refractivity contribution in [3.8, 4) is 0 Å². The van der Waals surface area contributed by atoms with Crippen LogP contribution in [0.5, 0.6) is 0 Å². The number of nitrogens with one attached hydrogen (secondary N) is 1. The number of carbonyl (C=O) groups excluding carboxylic acids is 1. The molecule has 1 saturated heterocycles. The minimum atomic E-state index is -0.479. The Morgan fingerprint density at radius 3 is 2.07 bits per heavy atom. The molecule has 0 spiro atoms. The summed E-state index contributed by atoms with van der Waals surface area (Å²) in [5, 5.41) is 8.73. The SMILES string of the molecule is CSc1ccc(CN2CC(C)N(Cc3ccc(C(=O)NO)cc3)C(C)C2)cc1. The maximum absolute atomic E-state index is 11.5. The van der Waals surface area contributed by atoms with Crippen molar-refractivity contribution in [3.63, 3.8) is 0 Å². The Bertz CT molecular complexity index is 767. The zero-order valence-electron chi connectivity index (χ0n) is 16.8. The summed E-state index contributed by atoms with van der Waals surface area (Å²) in [6, 6.07) is 17.2. The second-order valence-electron chi connectivity index (χ2n) is 7.55. The number of hydrogen-bond donors (Lipinski definition) is 2. The second-order valence-corrected chi connectivity index (χ2v) is 8.43. The summed E-state index contributed by atoms with van der Waals surface area (Å²) in [4.78, 5) is 17.8. The van der Waals surface area contributed by atoms with Crippen LogP contribution in [0.3, 0.4) is 0 Å². The first-order chi connectivity index (χ1) is 13.5. The van der Waals surface area contributed by atoms with E-state index in [0.29, 0.717) is 17.6 Å². The van der Waals surface area contributed by atoms with E-state index in [0.717, 1.165) is 26.2 Å². The van der Waals surface area contributed by atoms with Crippen molar-refractivity contribution in [3.05, 3.63) is 65.2 Å². The van der Waals surface area contributed by atoms with E-state index in [1.807, 2.05) is 12.1 Å². The van der Waals surface area contributed by atoms with Gasteiger partial charge in [-0.05, 0) is 55.5 Å². The van der Waals surface area contributed by atoms with E-state index in [9.17, 15) is 4.79 Å². The number of rotatable bonds is 6. The Labute approximate surface area is 171 Å². The predicted octanol–water partition coefficient (Wildman–Crippen LogP) is 3.62. The van der Waals surface area contributed by atoms with Crippen LogP contribution < -0.4 is 5.48 Å². The Hall–Kier alpha value is -1.86. The van der Waals surface area contributed by atoms with Crippen LogP contribution >= 0.6 is 11.8 Å². The number of nitrogens with zero attached hydrogens (tertiary/aromatic N) is 2. The highest BCUT2D eigenvalue weighted by atomic mass is 32.2. The van der Waals surface area contributed by atoms with Crippen LogP contribution in [0.15, 0.2) is 53.4 Å². The molecule has 1 heterocycles. The van der Waals surface area contributed by atoms with E-state index >= 15 is 0 Å². The molecule has 2 atom stereocenters. The van der Waals surface area contributed by atoms with Gasteiger partial charge in [0, 0.05) is 48.7 Å². The van der Waals surface area contributed by atoms with E-state index in [2.05, 4.69) is 54.2 Å². The molecule has 5 nitrogen and oxygen atoms in total. The number of hydrogen-bond acceptors (Lipinski definition) is 5. The third kappa shape index (κ3) is 5.14. The van der Waals surface area contributed by atoms with Crippen molar-refractivity contribution in [2.24, 2.45) is 0 Å². The number of thioether (sulfide) groups is 1. The van der Waals surface area contributed by atoms with Gasteiger partial charge in [-0.1, -0.05) is 24.3 Å². The first-order valence-electron chi connectivity index (χ1n) is 9.64. The van der Waals surface area contributed by atoms with Crippen LogP contribution in [-0.4, -0.2) is 52.3 Å². The molecule has 1 fully saturated rings. The highest BCUT2D eigenvalue weighted by Gasteiger charge is 2.29. The molecular formula is C22H29N3O2S.